The minimum atomic E-state index is 0.813. The van der Waals surface area contributed by atoms with Crippen LogP contribution in [-0.2, 0) is 9.47 Å². The van der Waals surface area contributed by atoms with Crippen LogP contribution in [0.25, 0.3) is 0 Å². The number of hydrogen-bond acceptors (Lipinski definition) is 12. The molecule has 0 saturated carbocycles. The van der Waals surface area contributed by atoms with E-state index in [1.807, 2.05) is 0 Å². The quantitative estimate of drug-likeness (QED) is 0.226. The third kappa shape index (κ3) is 32.2. The van der Waals surface area contributed by atoms with E-state index in [0.717, 1.165) is 72.2 Å². The Balaban J connectivity index is 2.34. The van der Waals surface area contributed by atoms with Crippen molar-refractivity contribution in [3.05, 3.63) is 0 Å². The van der Waals surface area contributed by atoms with Crippen molar-refractivity contribution in [1.82, 2.24) is 20.4 Å². The largest absolute Gasteiger partial charge is 0.379 e. The highest BCUT2D eigenvalue weighted by atomic mass is 32.2. The van der Waals surface area contributed by atoms with Gasteiger partial charge in [0.1, 0.15) is 0 Å². The van der Waals surface area contributed by atoms with E-state index in [-0.39, 0.29) is 0 Å². The van der Waals surface area contributed by atoms with Crippen molar-refractivity contribution in [2.24, 2.45) is 0 Å². The molecule has 12 heteroatoms. The summed E-state index contributed by atoms with van der Waals surface area (Å²) in [6.07, 6.45) is 3.85. The highest BCUT2D eigenvalue weighted by Crippen LogP contribution is 2.11. The Morgan fingerprint density at radius 2 is 1.02 bits per heavy atom. The van der Waals surface area contributed by atoms with Gasteiger partial charge in [-0.05, 0) is 43.1 Å². The van der Waals surface area contributed by atoms with Crippen molar-refractivity contribution >= 4 is 70.6 Å². The zero-order valence-corrected chi connectivity index (χ0v) is 32.6. The minimum absolute atomic E-state index is 0.813. The maximum Gasteiger partial charge on any atom is 0.0594 e. The summed E-state index contributed by atoms with van der Waals surface area (Å²) >= 11 is 12.6. The minimum Gasteiger partial charge on any atom is -0.379 e. The second-order valence-electron chi connectivity index (χ2n) is 10.4. The zero-order chi connectivity index (χ0) is 30.7. The smallest absolute Gasteiger partial charge is 0.0594 e. The lowest BCUT2D eigenvalue weighted by molar-refractivity contribution is 0.108. The third-order valence-corrected chi connectivity index (χ3v) is 13.5. The van der Waals surface area contributed by atoms with Gasteiger partial charge in [0.25, 0.3) is 0 Å². The van der Waals surface area contributed by atoms with Gasteiger partial charge in [-0.1, -0.05) is 13.8 Å². The van der Waals surface area contributed by atoms with E-state index in [4.69, 9.17) is 9.47 Å². The fourth-order valence-corrected chi connectivity index (χ4v) is 9.96. The van der Waals surface area contributed by atoms with Crippen molar-refractivity contribution in [3.63, 3.8) is 0 Å². The van der Waals surface area contributed by atoms with Gasteiger partial charge in [0.05, 0.1) is 26.4 Å². The summed E-state index contributed by atoms with van der Waals surface area (Å²) in [5, 5.41) is 7.14. The Morgan fingerprint density at radius 1 is 0.512 bits per heavy atom. The summed E-state index contributed by atoms with van der Waals surface area (Å²) in [6, 6.07) is 0. The summed E-state index contributed by atoms with van der Waals surface area (Å²) in [6.45, 7) is 18.7. The summed E-state index contributed by atoms with van der Waals surface area (Å²) in [4.78, 5) is 5.24. The maximum atomic E-state index is 6.03. The van der Waals surface area contributed by atoms with E-state index < -0.39 is 0 Å². The lowest BCUT2D eigenvalue weighted by atomic mass is 10.4. The Hall–Kier alpha value is 1.86. The summed E-state index contributed by atoms with van der Waals surface area (Å²) in [5.74, 6) is 15.0. The van der Waals surface area contributed by atoms with Gasteiger partial charge in [0.15, 0.2) is 0 Å². The number of thioether (sulfide) groups is 6. The molecule has 0 spiro atoms. The molecule has 43 heavy (non-hydrogen) atoms. The average molecular weight is 719 g/mol. The fraction of sp³-hybridized carbons (Fsp3) is 1.00. The maximum absolute atomic E-state index is 6.03. The van der Waals surface area contributed by atoms with Crippen molar-refractivity contribution in [3.8, 4) is 0 Å². The van der Waals surface area contributed by atoms with Crippen LogP contribution in [0.5, 0.6) is 0 Å². The number of nitrogens with one attached hydrogen (secondary N) is 2. The van der Waals surface area contributed by atoms with E-state index in [1.165, 1.54) is 108 Å². The lowest BCUT2D eigenvalue weighted by Gasteiger charge is -2.22. The second-order valence-corrected chi connectivity index (χ2v) is 17.8. The van der Waals surface area contributed by atoms with E-state index in [2.05, 4.69) is 105 Å². The highest BCUT2D eigenvalue weighted by molar-refractivity contribution is 8.03. The van der Waals surface area contributed by atoms with Gasteiger partial charge in [-0.25, -0.2) is 0 Å². The van der Waals surface area contributed by atoms with Gasteiger partial charge >= 0.3 is 0 Å². The van der Waals surface area contributed by atoms with Crippen LogP contribution in [0.4, 0.5) is 0 Å². The van der Waals surface area contributed by atoms with Crippen LogP contribution in [-0.4, -0.2) is 171 Å². The van der Waals surface area contributed by atoms with Gasteiger partial charge in [-0.15, -0.1) is 0 Å². The molecule has 2 N–H and O–H groups in total. The molecular formula is C31H66N4O2S6. The molecule has 1 aliphatic heterocycles. The molecule has 0 amide bonds. The molecule has 0 aromatic heterocycles. The summed E-state index contributed by atoms with van der Waals surface area (Å²) < 4.78 is 12.0. The van der Waals surface area contributed by atoms with Crippen LogP contribution in [0.15, 0.2) is 0 Å². The molecule has 1 heterocycles. The van der Waals surface area contributed by atoms with Gasteiger partial charge in [-0.3, -0.25) is 4.90 Å². The molecule has 1 aliphatic rings. The molecule has 0 radical (unpaired) electrons. The van der Waals surface area contributed by atoms with Gasteiger partial charge in [0.2, 0.25) is 0 Å². The van der Waals surface area contributed by atoms with Crippen molar-refractivity contribution in [2.45, 2.75) is 33.1 Å². The molecule has 6 nitrogen and oxygen atoms in total. The van der Waals surface area contributed by atoms with Crippen LogP contribution in [0, 0.1) is 0 Å². The molecule has 0 bridgehead atoms. The molecular weight excluding hydrogens is 653 g/mol. The van der Waals surface area contributed by atoms with Crippen LogP contribution in [0.1, 0.15) is 33.1 Å². The summed E-state index contributed by atoms with van der Waals surface area (Å²) in [7, 11) is 0. The van der Waals surface area contributed by atoms with Crippen LogP contribution >= 0.6 is 70.6 Å². The Bertz CT molecular complexity index is 549. The number of nitrogens with zero attached hydrogens (tertiary/aromatic N) is 2. The molecule has 0 aliphatic carbocycles. The molecule has 0 unspecified atom stereocenters. The normalized spacial score (nSPS) is 20.5. The van der Waals surface area contributed by atoms with Crippen LogP contribution < -0.4 is 10.6 Å². The van der Waals surface area contributed by atoms with Crippen molar-refractivity contribution in [2.75, 3.05) is 161 Å². The van der Waals surface area contributed by atoms with Crippen molar-refractivity contribution < 1.29 is 9.47 Å². The first-order valence-electron chi connectivity index (χ1n) is 16.8. The number of ether oxygens (including phenoxy) is 2. The van der Waals surface area contributed by atoms with Crippen molar-refractivity contribution in [1.29, 1.82) is 0 Å². The molecule has 1 fully saturated rings. The average Bonchev–Trinajstić information content (AvgIpc) is 3.01. The first-order valence-corrected chi connectivity index (χ1v) is 23.8. The van der Waals surface area contributed by atoms with E-state index >= 15 is 0 Å². The Labute approximate surface area is 292 Å². The lowest BCUT2D eigenvalue weighted by Crippen LogP contribution is -2.33. The molecule has 258 valence electrons. The number of hydrogen-bond donors (Lipinski definition) is 2. The van der Waals surface area contributed by atoms with Crippen LogP contribution in [0.3, 0.4) is 0 Å². The molecule has 1 saturated heterocycles. The SMILES string of the molecule is CCCSCCSCCCN1CCOCCNCCSCCN(CCSCCC)CCOCCNCCSCCSCC1. The Kier molecular flexibility index (Phi) is 36.6. The predicted molar refractivity (Wildman–Crippen MR) is 209 cm³/mol. The topological polar surface area (TPSA) is 49.0 Å². The van der Waals surface area contributed by atoms with Gasteiger partial charge in [0, 0.05) is 111 Å². The third-order valence-electron chi connectivity index (χ3n) is 6.66. The highest BCUT2D eigenvalue weighted by Gasteiger charge is 2.07. The van der Waals surface area contributed by atoms with E-state index in [1.54, 1.807) is 0 Å². The first kappa shape index (κ1) is 42.9. The van der Waals surface area contributed by atoms with E-state index in [9.17, 15) is 0 Å². The predicted octanol–water partition coefficient (Wildman–Crippen LogP) is 5.43. The van der Waals surface area contributed by atoms with Crippen LogP contribution in [0.2, 0.25) is 0 Å². The first-order chi connectivity index (χ1) is 21.4. The van der Waals surface area contributed by atoms with Gasteiger partial charge in [-0.2, -0.15) is 70.6 Å². The summed E-state index contributed by atoms with van der Waals surface area (Å²) in [5.41, 5.74) is 0. The molecule has 0 aromatic rings. The number of rotatable bonds is 14. The molecule has 0 aromatic carbocycles. The second kappa shape index (κ2) is 36.7. The standard InChI is InChI=1S/C31H66N4O2S6/c1-3-20-38-25-14-35-12-19-37-17-7-33-9-24-42-30-31-43-27-13-34(10-5-22-40-29-28-39-21-4-2)11-18-36-16-6-32-8-23-41-26-15-35/h32-33H,3-31H2,1-2H3. The zero-order valence-electron chi connectivity index (χ0n) is 27.7. The molecule has 1 rings (SSSR count). The monoisotopic (exact) mass is 718 g/mol. The van der Waals surface area contributed by atoms with Gasteiger partial charge < -0.3 is 25.0 Å². The molecule has 0 atom stereocenters. The van der Waals surface area contributed by atoms with E-state index in [0.29, 0.717) is 0 Å². The Morgan fingerprint density at radius 3 is 1.63 bits per heavy atom. The fourth-order valence-electron chi connectivity index (χ4n) is 4.20.